The van der Waals surface area contributed by atoms with Crippen molar-refractivity contribution in [2.45, 2.75) is 52.9 Å². The summed E-state index contributed by atoms with van der Waals surface area (Å²) < 4.78 is 8.11. The number of rotatable bonds is 1. The van der Waals surface area contributed by atoms with Crippen molar-refractivity contribution in [3.8, 4) is 0 Å². The van der Waals surface area contributed by atoms with Crippen molar-refractivity contribution in [2.75, 3.05) is 0 Å². The Balaban J connectivity index is 3.30. The van der Waals surface area contributed by atoms with E-state index in [2.05, 4.69) is 45.9 Å². The highest BCUT2D eigenvalue weighted by atomic mass is 14.2. The van der Waals surface area contributed by atoms with Crippen LogP contribution in [0.5, 0.6) is 0 Å². The molecular weight excluding hydrogens is 168 g/mol. The first-order chi connectivity index (χ1) is 6.62. The van der Waals surface area contributed by atoms with E-state index in [0.29, 0.717) is 0 Å². The Morgan fingerprint density at radius 1 is 1.21 bits per heavy atom. The smallest absolute Gasteiger partial charge is 0.0347 e. The molecule has 0 heterocycles. The molecule has 0 heteroatoms. The van der Waals surface area contributed by atoms with Gasteiger partial charge in [-0.05, 0) is 34.9 Å². The van der Waals surface area contributed by atoms with Gasteiger partial charge in [0.2, 0.25) is 0 Å². The second-order valence-corrected chi connectivity index (χ2v) is 5.28. The average molecular weight is 191 g/mol. The van der Waals surface area contributed by atoms with Gasteiger partial charge in [-0.2, -0.15) is 0 Å². The van der Waals surface area contributed by atoms with Crippen molar-refractivity contribution in [1.82, 2.24) is 0 Å². The standard InChI is InChI=1S/C14H22/c1-10(2)13-9-12(14(4,5)6)8-7-11(13)3/h7-10H,1-6H3/i10D. The van der Waals surface area contributed by atoms with Crippen LogP contribution in [0.4, 0.5) is 0 Å². The van der Waals surface area contributed by atoms with Crippen LogP contribution in [0.1, 0.15) is 58.6 Å². The Morgan fingerprint density at radius 3 is 2.21 bits per heavy atom. The van der Waals surface area contributed by atoms with Crippen molar-refractivity contribution in [3.63, 3.8) is 0 Å². The molecule has 78 valence electrons. The molecule has 14 heavy (non-hydrogen) atoms. The van der Waals surface area contributed by atoms with Gasteiger partial charge in [-0.1, -0.05) is 52.8 Å². The van der Waals surface area contributed by atoms with Gasteiger partial charge >= 0.3 is 0 Å². The fourth-order valence-corrected chi connectivity index (χ4v) is 1.63. The first-order valence-electron chi connectivity index (χ1n) is 5.74. The van der Waals surface area contributed by atoms with Crippen molar-refractivity contribution in [1.29, 1.82) is 0 Å². The third-order valence-electron chi connectivity index (χ3n) is 2.64. The summed E-state index contributed by atoms with van der Waals surface area (Å²) in [6.07, 6.45) is 0. The molecule has 0 saturated heterocycles. The molecule has 0 N–H and O–H groups in total. The molecular formula is C14H22. The lowest BCUT2D eigenvalue weighted by atomic mass is 9.83. The minimum atomic E-state index is -0.509. The number of hydrogen-bond donors (Lipinski definition) is 0. The zero-order valence-electron chi connectivity index (χ0n) is 11.2. The fourth-order valence-electron chi connectivity index (χ4n) is 1.63. The predicted octanol–water partition coefficient (Wildman–Crippen LogP) is 4.42. The molecule has 0 fully saturated rings. The SMILES string of the molecule is [2H]C(C)(C)c1cc(C(C)(C)C)ccc1C. The van der Waals surface area contributed by atoms with E-state index in [1.54, 1.807) is 0 Å². The molecule has 0 aromatic heterocycles. The van der Waals surface area contributed by atoms with Crippen LogP contribution in [-0.2, 0) is 5.41 Å². The topological polar surface area (TPSA) is 0 Å². The maximum absolute atomic E-state index is 8.11. The summed E-state index contributed by atoms with van der Waals surface area (Å²) in [5.41, 5.74) is 3.81. The molecule has 0 radical (unpaired) electrons. The molecule has 0 spiro atoms. The van der Waals surface area contributed by atoms with Gasteiger partial charge in [0.15, 0.2) is 0 Å². The summed E-state index contributed by atoms with van der Waals surface area (Å²) in [5, 5.41) is 0. The highest BCUT2D eigenvalue weighted by Gasteiger charge is 2.15. The summed E-state index contributed by atoms with van der Waals surface area (Å²) in [4.78, 5) is 0. The molecule has 0 bridgehead atoms. The first-order valence-corrected chi connectivity index (χ1v) is 5.24. The van der Waals surface area contributed by atoms with E-state index in [1.807, 2.05) is 13.8 Å². The molecule has 0 saturated carbocycles. The highest BCUT2D eigenvalue weighted by Crippen LogP contribution is 2.27. The van der Waals surface area contributed by atoms with Crippen LogP contribution < -0.4 is 0 Å². The Hall–Kier alpha value is -0.780. The van der Waals surface area contributed by atoms with Gasteiger partial charge in [0.25, 0.3) is 0 Å². The van der Waals surface area contributed by atoms with Gasteiger partial charge in [-0.3, -0.25) is 0 Å². The van der Waals surface area contributed by atoms with E-state index in [0.717, 1.165) is 5.56 Å². The molecule has 1 aromatic carbocycles. The zero-order chi connectivity index (χ0) is 11.9. The minimum Gasteiger partial charge on any atom is -0.0587 e. The van der Waals surface area contributed by atoms with Gasteiger partial charge in [-0.25, -0.2) is 0 Å². The van der Waals surface area contributed by atoms with E-state index in [-0.39, 0.29) is 5.41 Å². The molecule has 0 aliphatic heterocycles. The zero-order valence-corrected chi connectivity index (χ0v) is 10.2. The lowest BCUT2D eigenvalue weighted by molar-refractivity contribution is 0.588. The Kier molecular flexibility index (Phi) is 2.62. The van der Waals surface area contributed by atoms with Crippen LogP contribution >= 0.6 is 0 Å². The molecule has 0 unspecified atom stereocenters. The summed E-state index contributed by atoms with van der Waals surface area (Å²) in [6.45, 7) is 12.6. The molecule has 1 rings (SSSR count). The van der Waals surface area contributed by atoms with Crippen LogP contribution in [0.25, 0.3) is 0 Å². The quantitative estimate of drug-likeness (QED) is 0.616. The van der Waals surface area contributed by atoms with E-state index < -0.39 is 5.89 Å². The number of hydrogen-bond acceptors (Lipinski definition) is 0. The maximum Gasteiger partial charge on any atom is 0.0347 e. The maximum atomic E-state index is 8.11. The number of aryl methyl sites for hydroxylation is 1. The van der Waals surface area contributed by atoms with Gasteiger partial charge in [0, 0.05) is 1.37 Å². The number of benzene rings is 1. The normalized spacial score (nSPS) is 14.0. The lowest BCUT2D eigenvalue weighted by Gasteiger charge is -2.21. The van der Waals surface area contributed by atoms with Gasteiger partial charge in [-0.15, -0.1) is 0 Å². The summed E-state index contributed by atoms with van der Waals surface area (Å²) in [5.74, 6) is -0.509. The summed E-state index contributed by atoms with van der Waals surface area (Å²) >= 11 is 0. The lowest BCUT2D eigenvalue weighted by Crippen LogP contribution is -2.12. The third-order valence-corrected chi connectivity index (χ3v) is 2.64. The first kappa shape index (κ1) is 9.76. The fraction of sp³-hybridized carbons (Fsp3) is 0.571. The third kappa shape index (κ3) is 2.37. The second kappa shape index (κ2) is 3.76. The van der Waals surface area contributed by atoms with E-state index in [9.17, 15) is 0 Å². The Labute approximate surface area is 89.8 Å². The van der Waals surface area contributed by atoms with E-state index in [1.165, 1.54) is 11.1 Å². The monoisotopic (exact) mass is 191 g/mol. The van der Waals surface area contributed by atoms with Crippen molar-refractivity contribution >= 4 is 0 Å². The molecule has 0 aliphatic rings. The van der Waals surface area contributed by atoms with E-state index >= 15 is 0 Å². The van der Waals surface area contributed by atoms with Crippen LogP contribution in [-0.4, -0.2) is 0 Å². The largest absolute Gasteiger partial charge is 0.0587 e. The van der Waals surface area contributed by atoms with Crippen molar-refractivity contribution < 1.29 is 1.37 Å². The minimum absolute atomic E-state index is 0.160. The van der Waals surface area contributed by atoms with Crippen LogP contribution in [0.3, 0.4) is 0 Å². The molecule has 0 amide bonds. The van der Waals surface area contributed by atoms with Crippen LogP contribution in [0.15, 0.2) is 18.2 Å². The van der Waals surface area contributed by atoms with Gasteiger partial charge in [0.1, 0.15) is 0 Å². The second-order valence-electron chi connectivity index (χ2n) is 5.28. The van der Waals surface area contributed by atoms with Crippen LogP contribution in [0, 0.1) is 6.92 Å². The molecule has 0 atom stereocenters. The predicted molar refractivity (Wildman–Crippen MR) is 64.0 cm³/mol. The van der Waals surface area contributed by atoms with Gasteiger partial charge in [0.05, 0.1) is 0 Å². The molecule has 0 aliphatic carbocycles. The van der Waals surface area contributed by atoms with Crippen LogP contribution in [0.2, 0.25) is 0 Å². The Bertz CT molecular complexity index is 351. The molecule has 1 aromatic rings. The molecule has 0 nitrogen and oxygen atoms in total. The Morgan fingerprint density at radius 2 is 1.79 bits per heavy atom. The van der Waals surface area contributed by atoms with Crippen molar-refractivity contribution in [2.24, 2.45) is 0 Å². The summed E-state index contributed by atoms with van der Waals surface area (Å²) in [6, 6.07) is 6.49. The average Bonchev–Trinajstić information content (AvgIpc) is 2.00. The van der Waals surface area contributed by atoms with E-state index in [4.69, 9.17) is 1.37 Å². The highest BCUT2D eigenvalue weighted by molar-refractivity contribution is 5.36. The summed E-state index contributed by atoms with van der Waals surface area (Å²) in [7, 11) is 0. The van der Waals surface area contributed by atoms with Gasteiger partial charge < -0.3 is 0 Å². The van der Waals surface area contributed by atoms with Crippen molar-refractivity contribution in [3.05, 3.63) is 34.9 Å².